The van der Waals surface area contributed by atoms with Gasteiger partial charge in [-0.05, 0) is 78.6 Å². The van der Waals surface area contributed by atoms with Crippen molar-refractivity contribution >= 4 is 66.9 Å². The maximum atomic E-state index is 14.1. The van der Waals surface area contributed by atoms with Gasteiger partial charge in [-0.15, -0.1) is 0 Å². The largest absolute Gasteiger partial charge is 0.480 e. The van der Waals surface area contributed by atoms with Crippen molar-refractivity contribution in [3.8, 4) is 22.3 Å². The predicted molar refractivity (Wildman–Crippen MR) is 347 cm³/mol. The van der Waals surface area contributed by atoms with Crippen molar-refractivity contribution in [3.63, 3.8) is 0 Å². The summed E-state index contributed by atoms with van der Waals surface area (Å²) in [5, 5.41) is 29.2. The molecule has 5 aromatic carbocycles. The minimum atomic E-state index is -4.28. The van der Waals surface area contributed by atoms with E-state index in [4.69, 9.17) is 24.2 Å². The normalized spacial score (nSPS) is 18.5. The molecule has 3 aromatic heterocycles. The van der Waals surface area contributed by atoms with Crippen molar-refractivity contribution in [2.45, 2.75) is 80.2 Å². The summed E-state index contributed by atoms with van der Waals surface area (Å²) in [5.41, 5.74) is 7.10. The molecular formula is C67H79F3N12O8S. The Bertz CT molecular complexity index is 3850. The Balaban J connectivity index is 0.615. The highest BCUT2D eigenvalue weighted by Gasteiger charge is 2.42. The summed E-state index contributed by atoms with van der Waals surface area (Å²) in [6, 6.07) is 35.1. The minimum Gasteiger partial charge on any atom is -0.480 e. The number of fused-ring (bicyclic) bond motifs is 2. The van der Waals surface area contributed by atoms with Gasteiger partial charge in [-0.2, -0.15) is 23.1 Å². The van der Waals surface area contributed by atoms with Crippen LogP contribution >= 0.6 is 0 Å². The van der Waals surface area contributed by atoms with Crippen LogP contribution in [-0.2, 0) is 35.6 Å². The van der Waals surface area contributed by atoms with E-state index in [-0.39, 0.29) is 41.4 Å². The van der Waals surface area contributed by atoms with Gasteiger partial charge in [0, 0.05) is 142 Å². The molecule has 5 N–H and O–H groups in total. The van der Waals surface area contributed by atoms with Crippen LogP contribution in [0.25, 0.3) is 44.1 Å². The lowest BCUT2D eigenvalue weighted by atomic mass is 9.91. The minimum absolute atomic E-state index is 0.114. The number of nitrogens with zero attached hydrogens (tertiary/aromatic N) is 9. The van der Waals surface area contributed by atoms with E-state index in [9.17, 15) is 36.6 Å². The van der Waals surface area contributed by atoms with Crippen LogP contribution in [-0.4, -0.2) is 183 Å². The van der Waals surface area contributed by atoms with Crippen LogP contribution in [0.2, 0.25) is 0 Å². The molecule has 2 aliphatic heterocycles. The predicted octanol–water partition coefficient (Wildman–Crippen LogP) is 10.1. The standard InChI is InChI=1S/C67H79F3N12O8S/c1-78(2)59-15-7-14-55-54(59)13-8-16-60(55)91(86,87)77-50-12-6-11-49(41-50)56-42-73-66(75-62(56)81-29-25-53(61(81)64(84)85)47-9-4-3-5-10-47)72-28-35-88-37-39-90-40-38-89-36-34-79-30-32-80(33-31-79)44-46-17-19-48(20-18-46)58-45-82(51-21-23-52(83)24-22-51)63-57(58)43-74-65(76-63)71-27-26-67(68,69)70/h3-20,41-43,45,51-53,61,77,83H,21-40,44H2,1-2H3,(H,84,85)(H,71,74,76)(H,72,73,75). The van der Waals surface area contributed by atoms with Gasteiger partial charge in [0.05, 0.1) is 57.1 Å². The smallest absolute Gasteiger partial charge is 0.390 e. The summed E-state index contributed by atoms with van der Waals surface area (Å²) >= 11 is 0. The van der Waals surface area contributed by atoms with Gasteiger partial charge in [0.2, 0.25) is 11.9 Å². The summed E-state index contributed by atoms with van der Waals surface area (Å²) in [6.45, 7) is 8.40. The highest BCUT2D eigenvalue weighted by atomic mass is 32.2. The second-order valence-electron chi connectivity index (χ2n) is 23.6. The monoisotopic (exact) mass is 1270 g/mol. The molecule has 2 saturated heterocycles. The number of aromatic nitrogens is 5. The van der Waals surface area contributed by atoms with Gasteiger partial charge in [-0.1, -0.05) is 91.0 Å². The summed E-state index contributed by atoms with van der Waals surface area (Å²) in [4.78, 5) is 40.6. The first-order chi connectivity index (χ1) is 44.0. The number of anilines is 5. The number of hydrogen-bond acceptors (Lipinski definition) is 17. The number of hydrogen-bond donors (Lipinski definition) is 5. The Morgan fingerprint density at radius 1 is 0.681 bits per heavy atom. The third-order valence-corrected chi connectivity index (χ3v) is 18.7. The SMILES string of the molecule is CN(C)c1cccc2c(S(=O)(=O)Nc3cccc(-c4cnc(NCCOCCOCCOCCN5CCN(Cc6ccc(-c7cn(C8CCC(O)CC8)c8nc(NCCC(F)(F)F)ncc78)cc6)CC5)nc4N4CCC(c5ccccc5)C4C(=O)O)c3)cccc12. The molecule has 20 nitrogen and oxygen atoms in total. The summed E-state index contributed by atoms with van der Waals surface area (Å²) in [6.07, 6.45) is 3.33. The Kier molecular flexibility index (Phi) is 21.0. The number of sulfonamides is 1. The van der Waals surface area contributed by atoms with E-state index in [1.165, 1.54) is 5.56 Å². The van der Waals surface area contributed by atoms with Gasteiger partial charge in [-0.25, -0.2) is 23.2 Å². The molecule has 5 heterocycles. The quantitative estimate of drug-likeness (QED) is 0.0288. The molecule has 482 valence electrons. The van der Waals surface area contributed by atoms with Gasteiger partial charge in [-0.3, -0.25) is 14.5 Å². The van der Waals surface area contributed by atoms with E-state index >= 15 is 0 Å². The molecule has 2 atom stereocenters. The molecule has 8 aromatic rings. The fourth-order valence-electron chi connectivity index (χ4n) is 12.6. The average Bonchev–Trinajstić information content (AvgIpc) is 1.77. The Hall–Kier alpha value is -7.97. The highest BCUT2D eigenvalue weighted by Crippen LogP contribution is 2.42. The number of carbonyl (C=O) groups is 1. The molecule has 91 heavy (non-hydrogen) atoms. The number of halogens is 3. The van der Waals surface area contributed by atoms with E-state index in [0.29, 0.717) is 106 Å². The van der Waals surface area contributed by atoms with E-state index in [1.807, 2.05) is 78.5 Å². The lowest BCUT2D eigenvalue weighted by Crippen LogP contribution is -2.46. The Morgan fingerprint density at radius 2 is 1.35 bits per heavy atom. The molecule has 3 aliphatic rings. The van der Waals surface area contributed by atoms with E-state index < -0.39 is 34.6 Å². The zero-order valence-electron chi connectivity index (χ0n) is 51.3. The van der Waals surface area contributed by atoms with Gasteiger partial charge < -0.3 is 49.4 Å². The third kappa shape index (κ3) is 16.2. The Labute approximate surface area is 528 Å². The van der Waals surface area contributed by atoms with E-state index in [2.05, 4.69) is 70.2 Å². The van der Waals surface area contributed by atoms with Crippen LogP contribution < -0.4 is 25.2 Å². The maximum Gasteiger partial charge on any atom is 0.390 e. The van der Waals surface area contributed by atoms with E-state index in [0.717, 1.165) is 85.3 Å². The molecule has 11 rings (SSSR count). The maximum absolute atomic E-state index is 14.1. The van der Waals surface area contributed by atoms with Crippen molar-refractivity contribution in [2.75, 3.05) is 131 Å². The first-order valence-electron chi connectivity index (χ1n) is 31.2. The molecule has 0 amide bonds. The van der Waals surface area contributed by atoms with Crippen LogP contribution in [0.4, 0.5) is 42.3 Å². The second kappa shape index (κ2) is 29.5. The van der Waals surface area contributed by atoms with Gasteiger partial charge in [0.25, 0.3) is 10.0 Å². The molecule has 0 radical (unpaired) electrons. The number of aliphatic hydroxyl groups is 1. The number of aliphatic hydroxyl groups excluding tert-OH is 1. The molecular weight excluding hydrogens is 1190 g/mol. The summed E-state index contributed by atoms with van der Waals surface area (Å²) in [7, 11) is -0.237. The highest BCUT2D eigenvalue weighted by molar-refractivity contribution is 7.93. The number of ether oxygens (including phenoxy) is 3. The van der Waals surface area contributed by atoms with Gasteiger partial charge >= 0.3 is 12.1 Å². The van der Waals surface area contributed by atoms with Gasteiger partial charge in [0.15, 0.2) is 0 Å². The first-order valence-corrected chi connectivity index (χ1v) is 32.6. The molecule has 0 spiro atoms. The first kappa shape index (κ1) is 64.6. The van der Waals surface area contributed by atoms with Crippen LogP contribution in [0.1, 0.15) is 61.6 Å². The second-order valence-corrected chi connectivity index (χ2v) is 25.3. The van der Waals surface area contributed by atoms with Crippen LogP contribution in [0, 0.1) is 0 Å². The average molecular weight is 1270 g/mol. The third-order valence-electron chi connectivity index (χ3n) is 17.3. The molecule has 1 saturated carbocycles. The lowest BCUT2D eigenvalue weighted by Gasteiger charge is -2.34. The molecule has 2 unspecified atom stereocenters. The number of carboxylic acids is 1. The molecule has 1 aliphatic carbocycles. The molecule has 0 bridgehead atoms. The zero-order valence-corrected chi connectivity index (χ0v) is 52.1. The van der Waals surface area contributed by atoms with Crippen molar-refractivity contribution in [1.82, 2.24) is 34.3 Å². The Morgan fingerprint density at radius 3 is 2.09 bits per heavy atom. The topological polar surface area (TPSA) is 225 Å². The van der Waals surface area contributed by atoms with Crippen LogP contribution in [0.5, 0.6) is 0 Å². The van der Waals surface area contributed by atoms with Crippen LogP contribution in [0.15, 0.2) is 139 Å². The number of nitrogens with one attached hydrogen (secondary N) is 3. The number of aliphatic carboxylic acids is 1. The summed E-state index contributed by atoms with van der Waals surface area (Å²) in [5.74, 6) is -0.439. The van der Waals surface area contributed by atoms with Crippen molar-refractivity contribution in [2.24, 2.45) is 0 Å². The number of carboxylic acid groups (broad SMARTS) is 1. The van der Waals surface area contributed by atoms with Crippen molar-refractivity contribution in [3.05, 3.63) is 145 Å². The fourth-order valence-corrected chi connectivity index (χ4v) is 13.9. The fraction of sp³-hybridized carbons (Fsp3) is 0.418. The van der Waals surface area contributed by atoms with Crippen molar-refractivity contribution < 1.29 is 50.8 Å². The number of rotatable bonds is 28. The summed E-state index contributed by atoms with van der Waals surface area (Å²) < 4.78 is 89.3. The molecule has 24 heteroatoms. The number of alkyl halides is 3. The number of piperazine rings is 1. The van der Waals surface area contributed by atoms with Crippen LogP contribution in [0.3, 0.4) is 0 Å². The molecule has 3 fully saturated rings. The lowest BCUT2D eigenvalue weighted by molar-refractivity contribution is -0.138. The van der Waals surface area contributed by atoms with Gasteiger partial charge in [0.1, 0.15) is 17.5 Å². The van der Waals surface area contributed by atoms with Crippen molar-refractivity contribution in [1.29, 1.82) is 0 Å². The number of benzene rings is 5. The van der Waals surface area contributed by atoms with E-state index in [1.54, 1.807) is 48.8 Å². The zero-order chi connectivity index (χ0) is 63.5.